The predicted octanol–water partition coefficient (Wildman–Crippen LogP) is 6.09. The summed E-state index contributed by atoms with van der Waals surface area (Å²) < 4.78 is 13.8. The van der Waals surface area contributed by atoms with E-state index in [2.05, 4.69) is 38.3 Å². The number of nitrogen functional groups attached to an aromatic ring is 1. The Balaban J connectivity index is 2.12. The number of fused-ring (bicyclic) bond motifs is 1. The number of aryl methyl sites for hydroxylation is 4. The van der Waals surface area contributed by atoms with Crippen LogP contribution in [0.25, 0.3) is 16.5 Å². The Hall–Kier alpha value is -3.73. The third kappa shape index (κ3) is 4.07. The Morgan fingerprint density at radius 2 is 1.58 bits per heavy atom. The molecule has 170 valence electrons. The number of aromatic nitrogens is 1. The van der Waals surface area contributed by atoms with E-state index in [9.17, 15) is 0 Å². The van der Waals surface area contributed by atoms with E-state index < -0.39 is 0 Å². The Labute approximate surface area is 195 Å². The standard InChI is InChI=1S/C28H31N3O2/c1-7-33-26-13-9-12-24(30-25-15-18(3)17(2)14-23(25)29)27-19(4)31(20(5)28(26)27)21-10-8-11-22(16-21)32-6/h8-16H,7,29H2,1-6H3. The number of rotatable bonds is 5. The van der Waals surface area contributed by atoms with E-state index in [4.69, 9.17) is 20.2 Å². The van der Waals surface area contributed by atoms with Gasteiger partial charge in [0.1, 0.15) is 11.5 Å². The zero-order chi connectivity index (χ0) is 23.7. The lowest BCUT2D eigenvalue weighted by molar-refractivity contribution is 0.344. The minimum absolute atomic E-state index is 0.582. The topological polar surface area (TPSA) is 61.8 Å². The van der Waals surface area contributed by atoms with Crippen LogP contribution >= 0.6 is 0 Å². The molecule has 0 atom stereocenters. The fourth-order valence-corrected chi connectivity index (χ4v) is 4.40. The van der Waals surface area contributed by atoms with Crippen molar-refractivity contribution in [3.05, 3.63) is 82.5 Å². The lowest BCUT2D eigenvalue weighted by Crippen LogP contribution is -2.03. The number of nitrogens with two attached hydrogens (primary N) is 1. The van der Waals surface area contributed by atoms with Gasteiger partial charge in [0.15, 0.2) is 0 Å². The molecular formula is C28H31N3O2. The number of benzene rings is 2. The van der Waals surface area contributed by atoms with Crippen molar-refractivity contribution in [1.29, 1.82) is 0 Å². The van der Waals surface area contributed by atoms with Gasteiger partial charge >= 0.3 is 0 Å². The summed E-state index contributed by atoms with van der Waals surface area (Å²) in [5, 5.41) is 2.94. The van der Waals surface area contributed by atoms with E-state index in [0.717, 1.165) is 61.5 Å². The maximum absolute atomic E-state index is 6.35. The minimum Gasteiger partial charge on any atom is -0.497 e. The first kappa shape index (κ1) is 22.5. The van der Waals surface area contributed by atoms with Gasteiger partial charge in [-0.25, -0.2) is 4.99 Å². The summed E-state index contributed by atoms with van der Waals surface area (Å²) in [6, 6.07) is 18.1. The molecule has 2 N–H and O–H groups in total. The molecular weight excluding hydrogens is 410 g/mol. The number of anilines is 1. The van der Waals surface area contributed by atoms with Crippen LogP contribution in [-0.2, 0) is 0 Å². The highest BCUT2D eigenvalue weighted by molar-refractivity contribution is 5.93. The summed E-state index contributed by atoms with van der Waals surface area (Å²) in [6.07, 6.45) is 0. The lowest BCUT2D eigenvalue weighted by Gasteiger charge is -2.11. The molecule has 0 aliphatic carbocycles. The van der Waals surface area contributed by atoms with Gasteiger partial charge in [-0.05, 0) is 82.1 Å². The molecule has 5 nitrogen and oxygen atoms in total. The molecule has 0 saturated heterocycles. The van der Waals surface area contributed by atoms with Crippen molar-refractivity contribution in [2.75, 3.05) is 19.5 Å². The molecule has 3 aromatic carbocycles. The van der Waals surface area contributed by atoms with Crippen LogP contribution in [0.3, 0.4) is 0 Å². The third-order valence-electron chi connectivity index (χ3n) is 6.14. The van der Waals surface area contributed by atoms with Crippen molar-refractivity contribution in [2.45, 2.75) is 34.6 Å². The maximum atomic E-state index is 6.35. The van der Waals surface area contributed by atoms with Gasteiger partial charge in [0.05, 0.1) is 30.4 Å². The molecule has 0 aliphatic heterocycles. The molecule has 0 spiro atoms. The van der Waals surface area contributed by atoms with Crippen molar-refractivity contribution < 1.29 is 9.47 Å². The maximum Gasteiger partial charge on any atom is 0.129 e. The summed E-state index contributed by atoms with van der Waals surface area (Å²) in [5.41, 5.74) is 13.3. The second-order valence-electron chi connectivity index (χ2n) is 8.27. The monoisotopic (exact) mass is 441 g/mol. The Kier molecular flexibility index (Phi) is 6.14. The predicted molar refractivity (Wildman–Crippen MR) is 136 cm³/mol. The van der Waals surface area contributed by atoms with E-state index in [1.807, 2.05) is 55.5 Å². The molecule has 0 aliphatic rings. The van der Waals surface area contributed by atoms with Crippen LogP contribution in [0.15, 0.2) is 59.6 Å². The van der Waals surface area contributed by atoms with Crippen LogP contribution < -0.4 is 20.6 Å². The van der Waals surface area contributed by atoms with Crippen LogP contribution in [0.2, 0.25) is 0 Å². The molecule has 0 fully saturated rings. The second-order valence-corrected chi connectivity index (χ2v) is 8.27. The molecule has 0 saturated carbocycles. The van der Waals surface area contributed by atoms with Gasteiger partial charge in [-0.3, -0.25) is 0 Å². The molecule has 4 rings (SSSR count). The van der Waals surface area contributed by atoms with Crippen LogP contribution in [0.1, 0.15) is 29.4 Å². The first-order chi connectivity index (χ1) is 15.8. The zero-order valence-electron chi connectivity index (χ0n) is 20.2. The molecule has 0 unspecified atom stereocenters. The van der Waals surface area contributed by atoms with E-state index in [0.29, 0.717) is 12.3 Å². The molecule has 4 aromatic rings. The van der Waals surface area contributed by atoms with Crippen molar-refractivity contribution in [3.8, 4) is 17.2 Å². The summed E-state index contributed by atoms with van der Waals surface area (Å²) in [4.78, 5) is 5.04. The highest BCUT2D eigenvalue weighted by Crippen LogP contribution is 2.34. The molecule has 0 radical (unpaired) electrons. The van der Waals surface area contributed by atoms with E-state index in [1.165, 1.54) is 0 Å². The van der Waals surface area contributed by atoms with Gasteiger partial charge in [-0.1, -0.05) is 12.1 Å². The second kappa shape index (κ2) is 9.02. The van der Waals surface area contributed by atoms with Gasteiger partial charge in [-0.15, -0.1) is 0 Å². The fourth-order valence-electron chi connectivity index (χ4n) is 4.40. The Morgan fingerprint density at radius 3 is 2.30 bits per heavy atom. The van der Waals surface area contributed by atoms with Gasteiger partial charge in [0.2, 0.25) is 0 Å². The highest BCUT2D eigenvalue weighted by atomic mass is 16.5. The van der Waals surface area contributed by atoms with Crippen LogP contribution in [-0.4, -0.2) is 18.3 Å². The molecule has 33 heavy (non-hydrogen) atoms. The van der Waals surface area contributed by atoms with Crippen LogP contribution in [0.4, 0.5) is 11.4 Å². The number of methoxy groups -OCH3 is 1. The minimum atomic E-state index is 0.582. The van der Waals surface area contributed by atoms with Crippen molar-refractivity contribution in [2.24, 2.45) is 4.99 Å². The Morgan fingerprint density at radius 1 is 0.879 bits per heavy atom. The summed E-state index contributed by atoms with van der Waals surface area (Å²) in [6.45, 7) is 11.0. The van der Waals surface area contributed by atoms with Gasteiger partial charge in [0.25, 0.3) is 0 Å². The number of nitrogens with zero attached hydrogens (tertiary/aromatic N) is 2. The average molecular weight is 442 g/mol. The van der Waals surface area contributed by atoms with Crippen molar-refractivity contribution in [1.82, 2.24) is 4.57 Å². The molecule has 0 amide bonds. The van der Waals surface area contributed by atoms with E-state index in [1.54, 1.807) is 7.11 Å². The van der Waals surface area contributed by atoms with E-state index >= 15 is 0 Å². The van der Waals surface area contributed by atoms with Crippen molar-refractivity contribution >= 4 is 22.1 Å². The molecule has 1 aromatic heterocycles. The smallest absolute Gasteiger partial charge is 0.129 e. The van der Waals surface area contributed by atoms with Crippen molar-refractivity contribution in [3.63, 3.8) is 0 Å². The summed E-state index contributed by atoms with van der Waals surface area (Å²) >= 11 is 0. The van der Waals surface area contributed by atoms with Crippen LogP contribution in [0, 0.1) is 27.7 Å². The summed E-state index contributed by atoms with van der Waals surface area (Å²) in [7, 11) is 1.68. The van der Waals surface area contributed by atoms with Crippen LogP contribution in [0.5, 0.6) is 11.5 Å². The van der Waals surface area contributed by atoms with Gasteiger partial charge in [-0.2, -0.15) is 0 Å². The lowest BCUT2D eigenvalue weighted by atomic mass is 10.1. The molecule has 0 bridgehead atoms. The fraction of sp³-hybridized carbons (Fsp3) is 0.250. The summed E-state index contributed by atoms with van der Waals surface area (Å²) in [5.74, 6) is 1.65. The van der Waals surface area contributed by atoms with Gasteiger partial charge < -0.3 is 19.8 Å². The number of hydrogen-bond donors (Lipinski definition) is 1. The molecule has 1 heterocycles. The van der Waals surface area contributed by atoms with Gasteiger partial charge in [0, 0.05) is 33.9 Å². The molecule has 5 heteroatoms. The highest BCUT2D eigenvalue weighted by Gasteiger charge is 2.18. The third-order valence-corrected chi connectivity index (χ3v) is 6.14. The number of ether oxygens (including phenoxy) is 2. The van der Waals surface area contributed by atoms with E-state index in [-0.39, 0.29) is 0 Å². The first-order valence-electron chi connectivity index (χ1n) is 11.2. The quantitative estimate of drug-likeness (QED) is 0.382. The largest absolute Gasteiger partial charge is 0.497 e. The number of hydrogen-bond acceptors (Lipinski definition) is 4. The first-order valence-corrected chi connectivity index (χ1v) is 11.2. The average Bonchev–Trinajstić information content (AvgIpc) is 2.93. The SMILES string of the molecule is CCOc1cccc(=Nc2cc(C)c(C)cc2N)c2c(C)n(-c3cccc(OC)c3)c(C)c12. The normalized spacial score (nSPS) is 11.8. The zero-order valence-corrected chi connectivity index (χ0v) is 20.2. The Bertz CT molecular complexity index is 1420.